The van der Waals surface area contributed by atoms with Crippen molar-refractivity contribution in [2.75, 3.05) is 66.3 Å². The number of sulfone groups is 1. The highest BCUT2D eigenvalue weighted by Crippen LogP contribution is 2.45. The Morgan fingerprint density at radius 2 is 1.20 bits per heavy atom. The molecule has 1 saturated carbocycles. The Labute approximate surface area is 638 Å². The zero-order valence-electron chi connectivity index (χ0n) is 63.5. The zero-order valence-corrected chi connectivity index (χ0v) is 64.3. The molecule has 2 saturated heterocycles. The number of likely N-dealkylation sites (tertiary alicyclic amines) is 1. The van der Waals surface area contributed by atoms with E-state index in [9.17, 15) is 37.2 Å². The summed E-state index contributed by atoms with van der Waals surface area (Å²) < 4.78 is 52.6. The number of nitrogens with zero attached hydrogens (tertiary/aromatic N) is 14. The molecule has 6 aliphatic heterocycles. The van der Waals surface area contributed by atoms with Crippen molar-refractivity contribution in [2.24, 2.45) is 5.92 Å². The molecular weight excluding hydrogens is 1420 g/mol. The van der Waals surface area contributed by atoms with Crippen LogP contribution in [0.25, 0.3) is 33.1 Å². The van der Waals surface area contributed by atoms with Crippen LogP contribution in [0.3, 0.4) is 0 Å². The smallest absolute Gasteiger partial charge is 0.414 e. The standard InChI is InChI=1S/C31H36N4O4.C27H32N4O4S.C24H27N7O4/c1-19-11-13-24-26(34(19)31(38)39-3)14-15-27-30(24)32-28(35(27)23-9-6-8-22(17-23)20(2)36)18-33-25-10-5-4-7-21(25)12-16-29(33)37;1-19-8-9-21-22(31(19)26(32)35-2)10-11-23-25(21)28-24(16-20-6-4-3-5-7-20)30(23)14-13-29-17-27(18-29)12-15-36(27,33)34;1-16-4-5-18-19(31(16)24(33)34-2)6-7-20-23(18)28-21(9-13-29-12-3-10-26-29)30(20)15-22(32)25-14-17-8-11-27-35-17/h4-5,7,10,14-15,19,22-23H,6,8-9,11-13,16-18H2,1-3H3;3-7,10-11,19H,8-9,12-18H2,1-2H3;3,6-8,10-12,16H,4-5,9,13-15H2,1-2H3,(H,25,32)/t19-,22+,23+;19-;16-/m000/s1. The van der Waals surface area contributed by atoms with Gasteiger partial charge in [-0.2, -0.15) is 5.10 Å². The number of aryl methyl sites for hydroxylation is 6. The molecule has 1 spiro atoms. The molecule has 0 bridgehead atoms. The van der Waals surface area contributed by atoms with E-state index in [0.717, 1.165) is 180 Å². The lowest BCUT2D eigenvalue weighted by Crippen LogP contribution is -2.71. The molecule has 28 heteroatoms. The molecule has 1 N–H and O–H groups in total. The van der Waals surface area contributed by atoms with Crippen molar-refractivity contribution in [2.45, 2.75) is 186 Å². The first kappa shape index (κ1) is 74.7. The molecule has 0 radical (unpaired) electrons. The zero-order chi connectivity index (χ0) is 76.7. The lowest BCUT2D eigenvalue weighted by molar-refractivity contribution is -0.122. The number of methoxy groups -OCH3 is 3. The van der Waals surface area contributed by atoms with Gasteiger partial charge in [-0.15, -0.1) is 0 Å². The molecule has 1 aliphatic carbocycles. The molecule has 5 atom stereocenters. The minimum atomic E-state index is -2.91. The van der Waals surface area contributed by atoms with Gasteiger partial charge in [0.05, 0.1) is 101 Å². The molecule has 27 nitrogen and oxygen atoms in total. The number of hydrogen-bond donors (Lipinski definition) is 1. The van der Waals surface area contributed by atoms with Crippen molar-refractivity contribution >= 4 is 102 Å². The SMILES string of the molecule is COC(=O)N1c2ccc3c(nc(CCn4cccn4)n3CC(=O)NCc3ccno3)c2CC[C@@H]1C.COC(=O)N1c2ccc3c(nc(CN4C(=O)CCc5ccccc54)n3[C@@H]3CCC[C@@H](C(C)=O)C3)c2CC[C@@H]1C.COC(=O)N1c2ccc3c(nc(Cc4ccccc4)n3CCN3CC4(CCS4(=O)=O)C3)c2CC[C@@H]1C. The van der Waals surface area contributed by atoms with E-state index in [-0.39, 0.29) is 79.1 Å². The number of Topliss-reactive ketones (excluding diaryl/α,β-unsaturated/α-hetero) is 1. The van der Waals surface area contributed by atoms with Crippen LogP contribution in [-0.4, -0.2) is 162 Å². The first-order valence-corrected chi connectivity index (χ1v) is 40.1. The van der Waals surface area contributed by atoms with Gasteiger partial charge in [-0.05, 0) is 158 Å². The van der Waals surface area contributed by atoms with Crippen molar-refractivity contribution in [3.63, 3.8) is 0 Å². The number of amides is 5. The third-order valence-electron chi connectivity index (χ3n) is 23.6. The Kier molecular flexibility index (Phi) is 21.3. The summed E-state index contributed by atoms with van der Waals surface area (Å²) in [6.07, 6.45) is 16.0. The normalized spacial score (nSPS) is 20.2. The van der Waals surface area contributed by atoms with E-state index in [4.69, 9.17) is 33.7 Å². The second kappa shape index (κ2) is 31.3. The average Bonchev–Trinajstić information content (AvgIpc) is 0.962. The van der Waals surface area contributed by atoms with Crippen LogP contribution in [0.2, 0.25) is 0 Å². The molecule has 0 unspecified atom stereocenters. The molecule has 10 aromatic rings. The van der Waals surface area contributed by atoms with Gasteiger partial charge in [0, 0.05) is 123 Å². The number of carbonyl (C=O) groups is 6. The van der Waals surface area contributed by atoms with Crippen molar-refractivity contribution in [1.82, 2.24) is 53.8 Å². The van der Waals surface area contributed by atoms with Crippen LogP contribution in [0.4, 0.5) is 37.1 Å². The van der Waals surface area contributed by atoms with E-state index in [1.54, 1.807) is 40.1 Å². The van der Waals surface area contributed by atoms with Crippen molar-refractivity contribution in [3.8, 4) is 0 Å². The van der Waals surface area contributed by atoms with Gasteiger partial charge < -0.3 is 42.7 Å². The third-order valence-corrected chi connectivity index (χ3v) is 26.2. The van der Waals surface area contributed by atoms with Crippen molar-refractivity contribution in [1.29, 1.82) is 0 Å². The monoisotopic (exact) mass is 1510 g/mol. The maximum Gasteiger partial charge on any atom is 0.414 e. The summed E-state index contributed by atoms with van der Waals surface area (Å²) in [5, 5.41) is 10.8. The predicted molar refractivity (Wildman–Crippen MR) is 416 cm³/mol. The first-order chi connectivity index (χ1) is 53.2. The summed E-state index contributed by atoms with van der Waals surface area (Å²) in [5.74, 6) is 3.74. The van der Waals surface area contributed by atoms with E-state index in [1.807, 2.05) is 108 Å². The molecule has 11 heterocycles. The van der Waals surface area contributed by atoms with Gasteiger partial charge in [-0.25, -0.2) is 37.8 Å². The van der Waals surface area contributed by atoms with E-state index in [1.165, 1.54) is 32.5 Å². The van der Waals surface area contributed by atoms with Gasteiger partial charge in [-0.3, -0.25) is 38.7 Å². The number of nitrogens with one attached hydrogen (secondary N) is 1. The molecule has 5 aromatic heterocycles. The molecule has 5 aromatic carbocycles. The lowest BCUT2D eigenvalue weighted by Gasteiger charge is -2.54. The number of ketones is 1. The van der Waals surface area contributed by atoms with Gasteiger partial charge in [0.2, 0.25) is 11.8 Å². The highest BCUT2D eigenvalue weighted by molar-refractivity contribution is 7.94. The van der Waals surface area contributed by atoms with Gasteiger partial charge >= 0.3 is 18.3 Å². The number of para-hydroxylation sites is 1. The molecule has 17 rings (SSSR count). The van der Waals surface area contributed by atoms with Crippen LogP contribution < -0.4 is 24.9 Å². The van der Waals surface area contributed by atoms with Gasteiger partial charge in [0.25, 0.3) is 0 Å². The second-order valence-electron chi connectivity index (χ2n) is 30.3. The number of hydrogen-bond acceptors (Lipinski definition) is 18. The summed E-state index contributed by atoms with van der Waals surface area (Å²) in [4.78, 5) is 101. The lowest BCUT2D eigenvalue weighted by atomic mass is 9.83. The number of ether oxygens (including phenoxy) is 3. The number of benzene rings is 5. The van der Waals surface area contributed by atoms with Crippen LogP contribution in [-0.2, 0) is 110 Å². The predicted octanol–water partition coefficient (Wildman–Crippen LogP) is 11.8. The van der Waals surface area contributed by atoms with Gasteiger partial charge in [0.1, 0.15) is 29.8 Å². The summed E-state index contributed by atoms with van der Waals surface area (Å²) in [7, 11) is 1.32. The number of aromatic nitrogens is 9. The number of carbonyl (C=O) groups excluding carboxylic acids is 6. The molecular formula is C82H95N15O12S. The maximum absolute atomic E-state index is 13.2. The van der Waals surface area contributed by atoms with E-state index < -0.39 is 14.6 Å². The summed E-state index contributed by atoms with van der Waals surface area (Å²) in [6, 6.07) is 34.3. The average molecular weight is 1510 g/mol. The topological polar surface area (TPSA) is 290 Å². The maximum atomic E-state index is 13.2. The van der Waals surface area contributed by atoms with Gasteiger partial charge in [0.15, 0.2) is 15.6 Å². The molecule has 576 valence electrons. The molecule has 7 aliphatic rings. The molecule has 3 fully saturated rings. The van der Waals surface area contributed by atoms with Crippen LogP contribution in [0.1, 0.15) is 143 Å². The Bertz CT molecular complexity index is 5240. The number of anilines is 4. The fourth-order valence-electron chi connectivity index (χ4n) is 17.6. The quantitative estimate of drug-likeness (QED) is 0.0879. The first-order valence-electron chi connectivity index (χ1n) is 38.4. The number of fused-ring (bicyclic) bond motifs is 10. The largest absolute Gasteiger partial charge is 0.452 e. The van der Waals surface area contributed by atoms with Crippen molar-refractivity contribution in [3.05, 3.63) is 173 Å². The van der Waals surface area contributed by atoms with Crippen LogP contribution in [0.15, 0.2) is 126 Å². The van der Waals surface area contributed by atoms with E-state index in [0.29, 0.717) is 57.0 Å². The molecule has 5 amide bonds. The highest BCUT2D eigenvalue weighted by atomic mass is 32.2. The summed E-state index contributed by atoms with van der Waals surface area (Å²) >= 11 is 0. The summed E-state index contributed by atoms with van der Waals surface area (Å²) in [5.41, 5.74) is 14.5. The van der Waals surface area contributed by atoms with Crippen LogP contribution in [0, 0.1) is 5.92 Å². The second-order valence-corrected chi connectivity index (χ2v) is 32.8. The Hall–Kier alpha value is -10.7. The minimum Gasteiger partial charge on any atom is -0.452 e. The number of rotatable bonds is 16. The van der Waals surface area contributed by atoms with E-state index >= 15 is 0 Å². The Morgan fingerprint density at radius 3 is 1.77 bits per heavy atom. The highest BCUT2D eigenvalue weighted by Gasteiger charge is 2.59. The number of imidazole rings is 3. The minimum absolute atomic E-state index is 0.0237. The van der Waals surface area contributed by atoms with Gasteiger partial charge in [-0.1, -0.05) is 60.1 Å². The van der Waals surface area contributed by atoms with Crippen LogP contribution >= 0.6 is 0 Å². The fraction of sp³-hybridized carbons (Fsp3) is 0.451. The van der Waals surface area contributed by atoms with E-state index in [2.05, 4.69) is 59.9 Å². The third kappa shape index (κ3) is 14.4. The van der Waals surface area contributed by atoms with Crippen molar-refractivity contribution < 1.29 is 55.9 Å². The molecule has 110 heavy (non-hydrogen) atoms. The summed E-state index contributed by atoms with van der Waals surface area (Å²) in [6.45, 7) is 12.0. The Balaban J connectivity index is 0.000000131. The van der Waals surface area contributed by atoms with Crippen LogP contribution in [0.5, 0.6) is 0 Å². The fourth-order valence-corrected chi connectivity index (χ4v) is 19.5. The Morgan fingerprint density at radius 1 is 0.609 bits per heavy atom.